The molecule has 6 nitrogen and oxygen atoms in total. The van der Waals surface area contributed by atoms with Crippen molar-refractivity contribution in [1.82, 2.24) is 14.9 Å². The van der Waals surface area contributed by atoms with Gasteiger partial charge in [-0.15, -0.1) is 0 Å². The predicted octanol–water partition coefficient (Wildman–Crippen LogP) is 2.89. The second-order valence-corrected chi connectivity index (χ2v) is 8.46. The van der Waals surface area contributed by atoms with E-state index in [4.69, 9.17) is 17.0 Å². The lowest BCUT2D eigenvalue weighted by atomic mass is 10.2. The van der Waals surface area contributed by atoms with Crippen LogP contribution in [0.25, 0.3) is 0 Å². The molecule has 2 aromatic carbocycles. The van der Waals surface area contributed by atoms with E-state index in [1.54, 1.807) is 31.4 Å². The summed E-state index contributed by atoms with van der Waals surface area (Å²) in [5, 5.41) is 6.82. The molecule has 2 rings (SSSR count). The molecule has 0 heterocycles. The molecule has 2 aromatic rings. The fraction of sp³-hybridized carbons (Fsp3) is 0.350. The molecule has 0 amide bonds. The highest BCUT2D eigenvalue weighted by molar-refractivity contribution is 7.89. The number of nitrogens with one attached hydrogen (secondary N) is 2. The summed E-state index contributed by atoms with van der Waals surface area (Å²) in [6.45, 7) is 5.70. The van der Waals surface area contributed by atoms with Gasteiger partial charge < -0.3 is 15.4 Å². The average Bonchev–Trinajstić information content (AvgIpc) is 2.72. The molecule has 0 aromatic heterocycles. The van der Waals surface area contributed by atoms with Crippen molar-refractivity contribution >= 4 is 27.4 Å². The van der Waals surface area contributed by atoms with Gasteiger partial charge in [0.1, 0.15) is 5.75 Å². The van der Waals surface area contributed by atoms with Crippen LogP contribution < -0.4 is 15.4 Å². The topological polar surface area (TPSA) is 70.7 Å². The number of sulfonamides is 1. The summed E-state index contributed by atoms with van der Waals surface area (Å²) in [5.74, 6) is 0.816. The molecule has 0 saturated carbocycles. The first kappa shape index (κ1) is 22.1. The smallest absolute Gasteiger partial charge is 0.243 e. The number of thiocarbonyl (C=S) groups is 1. The lowest BCUT2D eigenvalue weighted by molar-refractivity contribution is 0.414. The molecule has 2 N–H and O–H groups in total. The minimum Gasteiger partial charge on any atom is -0.497 e. The quantitative estimate of drug-likeness (QED) is 0.607. The molecule has 0 aliphatic rings. The Kier molecular flexibility index (Phi) is 8.22. The highest BCUT2D eigenvalue weighted by Crippen LogP contribution is 2.16. The first-order chi connectivity index (χ1) is 13.4. The first-order valence-corrected chi connectivity index (χ1v) is 11.0. The molecular formula is C20H27N3O3S2. The number of rotatable bonds is 9. The van der Waals surface area contributed by atoms with Crippen LogP contribution in [-0.4, -0.2) is 38.0 Å². The van der Waals surface area contributed by atoms with Crippen LogP contribution in [0.3, 0.4) is 0 Å². The summed E-state index contributed by atoms with van der Waals surface area (Å²) in [5.41, 5.74) is 2.04. The van der Waals surface area contributed by atoms with Crippen LogP contribution in [0.5, 0.6) is 5.75 Å². The van der Waals surface area contributed by atoms with Crippen LogP contribution in [-0.2, 0) is 23.1 Å². The SMILES string of the molecule is CCN(CC)S(=O)(=O)c1ccc(CNC(=S)NCc2ccc(OC)cc2)cc1. The van der Waals surface area contributed by atoms with Crippen molar-refractivity contribution in [2.24, 2.45) is 0 Å². The third kappa shape index (κ3) is 5.92. The summed E-state index contributed by atoms with van der Waals surface area (Å²) in [4.78, 5) is 0.306. The van der Waals surface area contributed by atoms with Crippen LogP contribution in [0.2, 0.25) is 0 Å². The molecule has 0 spiro atoms. The standard InChI is InChI=1S/C20H27N3O3S2/c1-4-23(5-2)28(24,25)19-12-8-17(9-13-19)15-22-20(27)21-14-16-6-10-18(26-3)11-7-16/h6-13H,4-5,14-15H2,1-3H3,(H2,21,22,27). The van der Waals surface area contributed by atoms with E-state index in [1.165, 1.54) is 4.31 Å². The molecule has 0 atom stereocenters. The first-order valence-electron chi connectivity index (χ1n) is 9.14. The van der Waals surface area contributed by atoms with Crippen LogP contribution >= 0.6 is 12.2 Å². The van der Waals surface area contributed by atoms with E-state index < -0.39 is 10.0 Å². The highest BCUT2D eigenvalue weighted by Gasteiger charge is 2.21. The Hall–Kier alpha value is -2.16. The Morgan fingerprint density at radius 1 is 0.929 bits per heavy atom. The summed E-state index contributed by atoms with van der Waals surface area (Å²) < 4.78 is 31.6. The number of nitrogens with zero attached hydrogens (tertiary/aromatic N) is 1. The maximum absolute atomic E-state index is 12.5. The van der Waals surface area contributed by atoms with E-state index in [9.17, 15) is 8.42 Å². The molecule has 0 fully saturated rings. The Morgan fingerprint density at radius 3 is 1.82 bits per heavy atom. The fourth-order valence-corrected chi connectivity index (χ4v) is 4.26. The average molecular weight is 422 g/mol. The number of hydrogen-bond acceptors (Lipinski definition) is 4. The molecule has 0 saturated heterocycles. The van der Waals surface area contributed by atoms with Crippen molar-refractivity contribution in [3.63, 3.8) is 0 Å². The molecule has 0 unspecified atom stereocenters. The minimum atomic E-state index is -3.43. The molecule has 0 bridgehead atoms. The van der Waals surface area contributed by atoms with Crippen molar-refractivity contribution in [1.29, 1.82) is 0 Å². The Balaban J connectivity index is 1.86. The van der Waals surface area contributed by atoms with Gasteiger partial charge in [0.2, 0.25) is 10.0 Å². The zero-order valence-corrected chi connectivity index (χ0v) is 18.1. The van der Waals surface area contributed by atoms with E-state index in [2.05, 4.69) is 10.6 Å². The normalized spacial score (nSPS) is 11.3. The van der Waals surface area contributed by atoms with E-state index in [-0.39, 0.29) is 0 Å². The molecular weight excluding hydrogens is 394 g/mol. The van der Waals surface area contributed by atoms with Crippen LogP contribution in [0.4, 0.5) is 0 Å². The Morgan fingerprint density at radius 2 is 1.39 bits per heavy atom. The number of hydrogen-bond donors (Lipinski definition) is 2. The molecule has 28 heavy (non-hydrogen) atoms. The monoisotopic (exact) mass is 421 g/mol. The van der Waals surface area contributed by atoms with Crippen LogP contribution in [0.15, 0.2) is 53.4 Å². The summed E-state index contributed by atoms with van der Waals surface area (Å²) >= 11 is 5.30. The van der Waals surface area contributed by atoms with Crippen molar-refractivity contribution in [3.8, 4) is 5.75 Å². The molecule has 8 heteroatoms. The second-order valence-electron chi connectivity index (χ2n) is 6.12. The minimum absolute atomic E-state index is 0.306. The Bertz CT molecular complexity index is 863. The largest absolute Gasteiger partial charge is 0.497 e. The van der Waals surface area contributed by atoms with Gasteiger partial charge in [-0.2, -0.15) is 4.31 Å². The molecule has 0 aliphatic heterocycles. The van der Waals surface area contributed by atoms with Gasteiger partial charge in [0.05, 0.1) is 12.0 Å². The van der Waals surface area contributed by atoms with Gasteiger partial charge in [0.25, 0.3) is 0 Å². The summed E-state index contributed by atoms with van der Waals surface area (Å²) in [6, 6.07) is 14.6. The molecule has 152 valence electrons. The van der Waals surface area contributed by atoms with Crippen molar-refractivity contribution < 1.29 is 13.2 Å². The van der Waals surface area contributed by atoms with Gasteiger partial charge in [0, 0.05) is 26.2 Å². The van der Waals surface area contributed by atoms with E-state index in [1.807, 2.05) is 38.1 Å². The molecule has 0 aliphatic carbocycles. The third-order valence-corrected chi connectivity index (χ3v) is 6.68. The van der Waals surface area contributed by atoms with Gasteiger partial charge in [-0.05, 0) is 47.6 Å². The lowest BCUT2D eigenvalue weighted by Gasteiger charge is -2.18. The van der Waals surface area contributed by atoms with Gasteiger partial charge in [-0.1, -0.05) is 38.1 Å². The third-order valence-electron chi connectivity index (χ3n) is 4.33. The van der Waals surface area contributed by atoms with Gasteiger partial charge in [0.15, 0.2) is 5.11 Å². The zero-order chi connectivity index (χ0) is 20.6. The number of methoxy groups -OCH3 is 1. The van der Waals surface area contributed by atoms with Gasteiger partial charge >= 0.3 is 0 Å². The zero-order valence-electron chi connectivity index (χ0n) is 16.4. The maximum Gasteiger partial charge on any atom is 0.243 e. The number of ether oxygens (including phenoxy) is 1. The van der Waals surface area contributed by atoms with Gasteiger partial charge in [-0.25, -0.2) is 8.42 Å². The lowest BCUT2D eigenvalue weighted by Crippen LogP contribution is -2.34. The van der Waals surface area contributed by atoms with Crippen LogP contribution in [0, 0.1) is 0 Å². The molecule has 0 radical (unpaired) electrons. The Labute approximate surface area is 173 Å². The number of benzene rings is 2. The highest BCUT2D eigenvalue weighted by atomic mass is 32.2. The predicted molar refractivity (Wildman–Crippen MR) is 116 cm³/mol. The summed E-state index contributed by atoms with van der Waals surface area (Å²) in [6.07, 6.45) is 0. The second kappa shape index (κ2) is 10.4. The van der Waals surface area contributed by atoms with E-state index >= 15 is 0 Å². The van der Waals surface area contributed by atoms with Crippen molar-refractivity contribution in [3.05, 3.63) is 59.7 Å². The van der Waals surface area contributed by atoms with Crippen molar-refractivity contribution in [2.45, 2.75) is 31.8 Å². The fourth-order valence-electron chi connectivity index (χ4n) is 2.66. The van der Waals surface area contributed by atoms with E-state index in [0.29, 0.717) is 36.2 Å². The van der Waals surface area contributed by atoms with E-state index in [0.717, 1.165) is 16.9 Å². The maximum atomic E-state index is 12.5. The van der Waals surface area contributed by atoms with Gasteiger partial charge in [-0.3, -0.25) is 0 Å². The van der Waals surface area contributed by atoms with Crippen LogP contribution in [0.1, 0.15) is 25.0 Å². The summed E-state index contributed by atoms with van der Waals surface area (Å²) in [7, 11) is -1.79. The van der Waals surface area contributed by atoms with Crippen molar-refractivity contribution in [2.75, 3.05) is 20.2 Å².